The smallest absolute Gasteiger partial charge is 0.270 e. The second-order valence-electron chi connectivity index (χ2n) is 4.17. The van der Waals surface area contributed by atoms with Crippen LogP contribution in [0.15, 0.2) is 18.2 Å². The third-order valence-electron chi connectivity index (χ3n) is 2.56. The van der Waals surface area contributed by atoms with Crippen LogP contribution in [-0.2, 0) is 0 Å². The van der Waals surface area contributed by atoms with Crippen molar-refractivity contribution in [2.24, 2.45) is 5.84 Å². The first kappa shape index (κ1) is 16.3. The van der Waals surface area contributed by atoms with Gasteiger partial charge >= 0.3 is 0 Å². The van der Waals surface area contributed by atoms with E-state index in [2.05, 4.69) is 10.7 Å². The molecule has 1 amide bonds. The van der Waals surface area contributed by atoms with E-state index in [1.54, 1.807) is 11.8 Å². The molecule has 7 nitrogen and oxygen atoms in total. The molecule has 1 unspecified atom stereocenters. The van der Waals surface area contributed by atoms with Crippen molar-refractivity contribution >= 4 is 29.0 Å². The summed E-state index contributed by atoms with van der Waals surface area (Å²) in [7, 11) is 0. The summed E-state index contributed by atoms with van der Waals surface area (Å²) in [6, 6.07) is 3.89. The fourth-order valence-electron chi connectivity index (χ4n) is 1.60. The van der Waals surface area contributed by atoms with E-state index >= 15 is 0 Å². The number of nitrogens with zero attached hydrogens (tertiary/aromatic N) is 1. The summed E-state index contributed by atoms with van der Waals surface area (Å²) in [5, 5.41) is 13.6. The van der Waals surface area contributed by atoms with Gasteiger partial charge in [0.15, 0.2) is 0 Å². The Hall–Kier alpha value is -1.80. The number of rotatable bonds is 7. The van der Waals surface area contributed by atoms with E-state index in [9.17, 15) is 14.9 Å². The van der Waals surface area contributed by atoms with Gasteiger partial charge in [-0.15, -0.1) is 0 Å². The molecule has 0 aliphatic carbocycles. The number of nitro groups is 1. The first-order valence-corrected chi connectivity index (χ1v) is 7.28. The van der Waals surface area contributed by atoms with Crippen molar-refractivity contribution in [3.05, 3.63) is 33.9 Å². The number of nitrogens with two attached hydrogens (primary N) is 1. The zero-order valence-electron chi connectivity index (χ0n) is 11.4. The number of thioether (sulfide) groups is 1. The molecule has 0 bridgehead atoms. The average molecular weight is 298 g/mol. The van der Waals surface area contributed by atoms with E-state index in [-0.39, 0.29) is 23.2 Å². The number of nitrogens with one attached hydrogen (secondary N) is 2. The summed E-state index contributed by atoms with van der Waals surface area (Å²) in [5.41, 5.74) is 2.73. The van der Waals surface area contributed by atoms with Gasteiger partial charge in [-0.2, -0.15) is 11.8 Å². The topological polar surface area (TPSA) is 110 Å². The molecule has 8 heteroatoms. The Labute approximate surface area is 121 Å². The highest BCUT2D eigenvalue weighted by molar-refractivity contribution is 7.99. The molecule has 0 saturated heterocycles. The third kappa shape index (κ3) is 4.39. The maximum absolute atomic E-state index is 12.1. The average Bonchev–Trinajstić information content (AvgIpc) is 2.44. The standard InChI is InChI=1S/C12H18N4O3S/c1-3-20-7-8(2)14-12(17)10-6-9(16(18)19)4-5-11(10)15-13/h4-6,8,15H,3,7,13H2,1-2H3,(H,14,17). The maximum Gasteiger partial charge on any atom is 0.270 e. The summed E-state index contributed by atoms with van der Waals surface area (Å²) in [4.78, 5) is 22.3. The lowest BCUT2D eigenvalue weighted by atomic mass is 10.1. The zero-order valence-corrected chi connectivity index (χ0v) is 12.2. The van der Waals surface area contributed by atoms with E-state index in [0.717, 1.165) is 11.5 Å². The quantitative estimate of drug-likeness (QED) is 0.402. The molecule has 0 saturated carbocycles. The molecule has 0 heterocycles. The highest BCUT2D eigenvalue weighted by Crippen LogP contribution is 2.21. The van der Waals surface area contributed by atoms with Crippen LogP contribution in [0, 0.1) is 10.1 Å². The van der Waals surface area contributed by atoms with Crippen LogP contribution in [0.1, 0.15) is 24.2 Å². The molecule has 1 aromatic rings. The molecule has 0 radical (unpaired) electrons. The first-order valence-electron chi connectivity index (χ1n) is 6.13. The number of carbonyl (C=O) groups is 1. The highest BCUT2D eigenvalue weighted by atomic mass is 32.2. The number of hydrogen-bond donors (Lipinski definition) is 3. The van der Waals surface area contributed by atoms with Crippen molar-refractivity contribution in [3.8, 4) is 0 Å². The second-order valence-corrected chi connectivity index (χ2v) is 5.48. The van der Waals surface area contributed by atoms with E-state index in [0.29, 0.717) is 5.69 Å². The van der Waals surface area contributed by atoms with Crippen LogP contribution in [0.4, 0.5) is 11.4 Å². The first-order chi connectivity index (χ1) is 9.49. The van der Waals surface area contributed by atoms with Crippen molar-refractivity contribution < 1.29 is 9.72 Å². The number of benzene rings is 1. The molecule has 0 aliphatic heterocycles. The number of nitrogen functional groups attached to an aromatic ring is 1. The van der Waals surface area contributed by atoms with Crippen LogP contribution in [0.2, 0.25) is 0 Å². The highest BCUT2D eigenvalue weighted by Gasteiger charge is 2.17. The molecule has 0 aliphatic rings. The van der Waals surface area contributed by atoms with E-state index in [1.165, 1.54) is 18.2 Å². The normalized spacial score (nSPS) is 11.8. The van der Waals surface area contributed by atoms with Gasteiger partial charge in [0, 0.05) is 23.9 Å². The molecule has 0 aromatic heterocycles. The summed E-state index contributed by atoms with van der Waals surface area (Å²) in [6.07, 6.45) is 0. The van der Waals surface area contributed by atoms with Crippen molar-refractivity contribution in [3.63, 3.8) is 0 Å². The molecule has 1 aromatic carbocycles. The SMILES string of the molecule is CCSCC(C)NC(=O)c1cc([N+](=O)[O-])ccc1NN. The molecule has 110 valence electrons. The fraction of sp³-hybridized carbons (Fsp3) is 0.417. The number of hydrogen-bond acceptors (Lipinski definition) is 6. The summed E-state index contributed by atoms with van der Waals surface area (Å²) >= 11 is 1.71. The van der Waals surface area contributed by atoms with Crippen molar-refractivity contribution in [1.29, 1.82) is 0 Å². The van der Waals surface area contributed by atoms with Crippen LogP contribution in [-0.4, -0.2) is 28.4 Å². The minimum absolute atomic E-state index is 0.0302. The molecule has 0 spiro atoms. The van der Waals surface area contributed by atoms with Crippen LogP contribution in [0.3, 0.4) is 0 Å². The Morgan fingerprint density at radius 2 is 2.25 bits per heavy atom. The fourth-order valence-corrected chi connectivity index (χ4v) is 2.27. The van der Waals surface area contributed by atoms with Crippen molar-refractivity contribution in [2.45, 2.75) is 19.9 Å². The number of anilines is 1. The van der Waals surface area contributed by atoms with Crippen LogP contribution < -0.4 is 16.6 Å². The maximum atomic E-state index is 12.1. The molecule has 4 N–H and O–H groups in total. The van der Waals surface area contributed by atoms with Gasteiger partial charge in [0.05, 0.1) is 16.2 Å². The zero-order chi connectivity index (χ0) is 15.1. The molecular weight excluding hydrogens is 280 g/mol. The Morgan fingerprint density at radius 1 is 1.55 bits per heavy atom. The minimum atomic E-state index is -0.548. The summed E-state index contributed by atoms with van der Waals surface area (Å²) in [6.45, 7) is 3.92. The number of hydrazine groups is 1. The van der Waals surface area contributed by atoms with Crippen LogP contribution in [0.5, 0.6) is 0 Å². The van der Waals surface area contributed by atoms with Gasteiger partial charge in [-0.3, -0.25) is 20.8 Å². The predicted molar refractivity (Wildman–Crippen MR) is 80.8 cm³/mol. The second kappa shape index (κ2) is 7.71. The predicted octanol–water partition coefficient (Wildman–Crippen LogP) is 1.75. The molecule has 20 heavy (non-hydrogen) atoms. The van der Waals surface area contributed by atoms with Crippen molar-refractivity contribution in [2.75, 3.05) is 16.9 Å². The van der Waals surface area contributed by atoms with Gasteiger partial charge in [0.2, 0.25) is 0 Å². The van der Waals surface area contributed by atoms with Gasteiger partial charge in [-0.25, -0.2) is 0 Å². The Balaban J connectivity index is 2.89. The summed E-state index contributed by atoms with van der Waals surface area (Å²) in [5.74, 6) is 6.68. The van der Waals surface area contributed by atoms with Crippen LogP contribution >= 0.6 is 11.8 Å². The Kier molecular flexibility index (Phi) is 6.26. The van der Waals surface area contributed by atoms with E-state index in [4.69, 9.17) is 5.84 Å². The monoisotopic (exact) mass is 298 g/mol. The lowest BCUT2D eigenvalue weighted by molar-refractivity contribution is -0.384. The molecule has 1 atom stereocenters. The molecular formula is C12H18N4O3S. The van der Waals surface area contributed by atoms with Crippen molar-refractivity contribution in [1.82, 2.24) is 5.32 Å². The Bertz CT molecular complexity index is 496. The van der Waals surface area contributed by atoms with Gasteiger partial charge in [0.25, 0.3) is 11.6 Å². The number of nitro benzene ring substituents is 1. The van der Waals surface area contributed by atoms with Gasteiger partial charge in [-0.05, 0) is 18.7 Å². The lowest BCUT2D eigenvalue weighted by Crippen LogP contribution is -2.35. The van der Waals surface area contributed by atoms with Gasteiger partial charge in [0.1, 0.15) is 0 Å². The van der Waals surface area contributed by atoms with E-state index in [1.807, 2.05) is 13.8 Å². The summed E-state index contributed by atoms with van der Waals surface area (Å²) < 4.78 is 0. The lowest BCUT2D eigenvalue weighted by Gasteiger charge is -2.14. The van der Waals surface area contributed by atoms with Gasteiger partial charge in [-0.1, -0.05) is 6.92 Å². The Morgan fingerprint density at radius 3 is 2.80 bits per heavy atom. The minimum Gasteiger partial charge on any atom is -0.349 e. The third-order valence-corrected chi connectivity index (χ3v) is 3.71. The molecule has 1 rings (SSSR count). The number of non-ortho nitro benzene ring substituents is 1. The van der Waals surface area contributed by atoms with Gasteiger partial charge < -0.3 is 10.7 Å². The molecule has 0 fully saturated rings. The van der Waals surface area contributed by atoms with E-state index < -0.39 is 4.92 Å². The van der Waals surface area contributed by atoms with Crippen LogP contribution in [0.25, 0.3) is 0 Å². The number of amides is 1. The largest absolute Gasteiger partial charge is 0.349 e. The number of carbonyl (C=O) groups excluding carboxylic acids is 1.